The van der Waals surface area contributed by atoms with Crippen molar-refractivity contribution in [1.82, 2.24) is 9.55 Å². The average molecular weight is 445 g/mol. The Bertz CT molecular complexity index is 1450. The third-order valence-corrected chi connectivity index (χ3v) is 6.05. The number of benzodiazepines with no additional fused rings is 1. The van der Waals surface area contributed by atoms with Gasteiger partial charge in [-0.1, -0.05) is 47.5 Å². The van der Waals surface area contributed by atoms with E-state index < -0.39 is 6.04 Å². The third kappa shape index (κ3) is 3.63. The van der Waals surface area contributed by atoms with Crippen molar-refractivity contribution in [2.75, 3.05) is 5.32 Å². The lowest BCUT2D eigenvalue weighted by molar-refractivity contribution is -0.117. The molecule has 1 aliphatic rings. The molecular formula is C25H21ClN4O2. The Hall–Kier alpha value is -3.64. The van der Waals surface area contributed by atoms with Gasteiger partial charge in [-0.3, -0.25) is 14.4 Å². The Morgan fingerprint density at radius 1 is 1.03 bits per heavy atom. The molecule has 1 atom stereocenters. The smallest absolute Gasteiger partial charge is 0.324 e. The zero-order valence-corrected chi connectivity index (χ0v) is 18.4. The van der Waals surface area contributed by atoms with Crippen molar-refractivity contribution in [1.29, 1.82) is 0 Å². The van der Waals surface area contributed by atoms with Crippen LogP contribution in [0, 0.1) is 6.92 Å². The molecule has 0 bridgehead atoms. The van der Waals surface area contributed by atoms with Crippen LogP contribution in [0.4, 0.5) is 5.69 Å². The molecule has 160 valence electrons. The lowest BCUT2D eigenvalue weighted by atomic mass is 9.99. The molecule has 5 rings (SSSR count). The highest BCUT2D eigenvalue weighted by Crippen LogP contribution is 2.29. The predicted octanol–water partition coefficient (Wildman–Crippen LogP) is 4.23. The number of aromatic amines is 1. The second-order valence-corrected chi connectivity index (χ2v) is 8.52. The lowest BCUT2D eigenvalue weighted by Gasteiger charge is -2.12. The molecule has 1 aromatic heterocycles. The molecule has 7 heteroatoms. The van der Waals surface area contributed by atoms with Crippen LogP contribution in [0.1, 0.15) is 22.3 Å². The SMILES string of the molecule is Cc1ccc(CC2N=C(c3ccc4[nH]c(=O)n(C)c4c3)c3cc(Cl)ccc3NC2=O)cc1. The fraction of sp³-hybridized carbons (Fsp3) is 0.160. The summed E-state index contributed by atoms with van der Waals surface area (Å²) in [4.78, 5) is 32.9. The highest BCUT2D eigenvalue weighted by molar-refractivity contribution is 6.32. The summed E-state index contributed by atoms with van der Waals surface area (Å²) in [5.74, 6) is -0.167. The number of rotatable bonds is 3. The Balaban J connectivity index is 1.67. The van der Waals surface area contributed by atoms with E-state index in [0.29, 0.717) is 22.8 Å². The summed E-state index contributed by atoms with van der Waals surface area (Å²) in [6, 6.07) is 18.5. The molecule has 0 aliphatic carbocycles. The number of nitrogens with zero attached hydrogens (tertiary/aromatic N) is 2. The number of nitrogens with one attached hydrogen (secondary N) is 2. The summed E-state index contributed by atoms with van der Waals surface area (Å²) >= 11 is 6.31. The molecular weight excluding hydrogens is 424 g/mol. The predicted molar refractivity (Wildman–Crippen MR) is 128 cm³/mol. The van der Waals surface area contributed by atoms with Crippen molar-refractivity contribution in [2.24, 2.45) is 12.0 Å². The Morgan fingerprint density at radius 2 is 1.81 bits per heavy atom. The number of aryl methyl sites for hydroxylation is 2. The fourth-order valence-electron chi connectivity index (χ4n) is 4.01. The van der Waals surface area contributed by atoms with Gasteiger partial charge in [0.25, 0.3) is 0 Å². The van der Waals surface area contributed by atoms with Crippen LogP contribution in [0.25, 0.3) is 11.0 Å². The van der Waals surface area contributed by atoms with E-state index in [0.717, 1.165) is 33.3 Å². The Kier molecular flexibility index (Phi) is 4.94. The van der Waals surface area contributed by atoms with Crippen LogP contribution in [-0.2, 0) is 18.3 Å². The van der Waals surface area contributed by atoms with Crippen molar-refractivity contribution >= 4 is 39.9 Å². The third-order valence-electron chi connectivity index (χ3n) is 5.81. The van der Waals surface area contributed by atoms with Gasteiger partial charge in [0.1, 0.15) is 6.04 Å². The van der Waals surface area contributed by atoms with Gasteiger partial charge in [0.15, 0.2) is 0 Å². The summed E-state index contributed by atoms with van der Waals surface area (Å²) < 4.78 is 1.56. The van der Waals surface area contributed by atoms with E-state index in [4.69, 9.17) is 16.6 Å². The van der Waals surface area contributed by atoms with Crippen LogP contribution >= 0.6 is 11.6 Å². The highest BCUT2D eigenvalue weighted by atomic mass is 35.5. The van der Waals surface area contributed by atoms with Gasteiger partial charge in [0.2, 0.25) is 5.91 Å². The van der Waals surface area contributed by atoms with Gasteiger partial charge in [-0.2, -0.15) is 0 Å². The standard InChI is InChI=1S/C25H21ClN4O2/c1-14-3-5-15(6-4-14)11-21-24(31)28-19-10-8-17(26)13-18(19)23(27-21)16-7-9-20-22(12-16)30(2)25(32)29-20/h3-10,12-13,21H,11H2,1-2H3,(H,28,31)(H,29,32). The molecule has 1 aliphatic heterocycles. The number of anilines is 1. The maximum absolute atomic E-state index is 13.1. The molecule has 2 heterocycles. The number of halogens is 1. The zero-order valence-electron chi connectivity index (χ0n) is 17.6. The van der Waals surface area contributed by atoms with Crippen LogP contribution < -0.4 is 11.0 Å². The van der Waals surface area contributed by atoms with Crippen molar-refractivity contribution in [3.8, 4) is 0 Å². The van der Waals surface area contributed by atoms with E-state index in [2.05, 4.69) is 10.3 Å². The topological polar surface area (TPSA) is 79.2 Å². The minimum atomic E-state index is -0.607. The zero-order chi connectivity index (χ0) is 22.4. The average Bonchev–Trinajstić information content (AvgIpc) is 2.98. The van der Waals surface area contributed by atoms with Crippen LogP contribution in [0.5, 0.6) is 0 Å². The van der Waals surface area contributed by atoms with Crippen molar-refractivity contribution in [2.45, 2.75) is 19.4 Å². The number of hydrogen-bond donors (Lipinski definition) is 2. The summed E-state index contributed by atoms with van der Waals surface area (Å²) in [5, 5.41) is 3.56. The number of carbonyl (C=O) groups is 1. The first-order valence-electron chi connectivity index (χ1n) is 10.3. The molecule has 0 saturated carbocycles. The van der Waals surface area contributed by atoms with Crippen LogP contribution in [0.15, 0.2) is 70.5 Å². The largest absolute Gasteiger partial charge is 0.326 e. The van der Waals surface area contributed by atoms with Gasteiger partial charge in [-0.25, -0.2) is 4.79 Å². The van der Waals surface area contributed by atoms with E-state index >= 15 is 0 Å². The molecule has 1 unspecified atom stereocenters. The summed E-state index contributed by atoms with van der Waals surface area (Å²) in [5.41, 5.74) is 6.39. The minimum absolute atomic E-state index is 0.167. The summed E-state index contributed by atoms with van der Waals surface area (Å²) in [7, 11) is 1.72. The van der Waals surface area contributed by atoms with Gasteiger partial charge < -0.3 is 10.3 Å². The first kappa shape index (κ1) is 20.3. The summed E-state index contributed by atoms with van der Waals surface area (Å²) in [6.07, 6.45) is 0.474. The fourth-order valence-corrected chi connectivity index (χ4v) is 4.18. The quantitative estimate of drug-likeness (QED) is 0.496. The van der Waals surface area contributed by atoms with Crippen LogP contribution in [0.2, 0.25) is 5.02 Å². The number of hydrogen-bond acceptors (Lipinski definition) is 3. The number of amides is 1. The Morgan fingerprint density at radius 3 is 2.59 bits per heavy atom. The normalized spacial score (nSPS) is 15.8. The number of imidazole rings is 1. The van der Waals surface area contributed by atoms with Crippen molar-refractivity contribution in [3.63, 3.8) is 0 Å². The number of benzene rings is 3. The molecule has 0 fully saturated rings. The molecule has 0 radical (unpaired) electrons. The second kappa shape index (κ2) is 7.80. The van der Waals surface area contributed by atoms with E-state index in [9.17, 15) is 9.59 Å². The monoisotopic (exact) mass is 444 g/mol. The number of aromatic nitrogens is 2. The molecule has 1 amide bonds. The minimum Gasteiger partial charge on any atom is -0.324 e. The van der Waals surface area contributed by atoms with Crippen LogP contribution in [-0.4, -0.2) is 27.2 Å². The molecule has 3 aromatic carbocycles. The molecule has 4 aromatic rings. The first-order chi connectivity index (χ1) is 15.4. The van der Waals surface area contributed by atoms with Gasteiger partial charge >= 0.3 is 5.69 Å². The number of aliphatic imine (C=N–C) groups is 1. The van der Waals surface area contributed by atoms with E-state index in [1.807, 2.05) is 55.5 Å². The molecule has 6 nitrogen and oxygen atoms in total. The maximum Gasteiger partial charge on any atom is 0.326 e. The molecule has 32 heavy (non-hydrogen) atoms. The van der Waals surface area contributed by atoms with Gasteiger partial charge in [-0.05, 0) is 42.8 Å². The lowest BCUT2D eigenvalue weighted by Crippen LogP contribution is -2.27. The first-order valence-corrected chi connectivity index (χ1v) is 10.7. The van der Waals surface area contributed by atoms with Crippen LogP contribution in [0.3, 0.4) is 0 Å². The highest BCUT2D eigenvalue weighted by Gasteiger charge is 2.26. The van der Waals surface area contributed by atoms with E-state index in [1.165, 1.54) is 0 Å². The number of fused-ring (bicyclic) bond motifs is 2. The van der Waals surface area contributed by atoms with Crippen molar-refractivity contribution < 1.29 is 4.79 Å². The molecule has 2 N–H and O–H groups in total. The van der Waals surface area contributed by atoms with E-state index in [-0.39, 0.29) is 11.6 Å². The number of H-pyrrole nitrogens is 1. The van der Waals surface area contributed by atoms with Gasteiger partial charge in [0.05, 0.1) is 22.4 Å². The number of carbonyl (C=O) groups excluding carboxylic acids is 1. The molecule has 0 saturated heterocycles. The second-order valence-electron chi connectivity index (χ2n) is 8.08. The summed E-state index contributed by atoms with van der Waals surface area (Å²) in [6.45, 7) is 2.03. The maximum atomic E-state index is 13.1. The van der Waals surface area contributed by atoms with Crippen molar-refractivity contribution in [3.05, 3.63) is 98.4 Å². The van der Waals surface area contributed by atoms with E-state index in [1.54, 1.807) is 23.7 Å². The van der Waals surface area contributed by atoms with Gasteiger partial charge in [0, 0.05) is 29.6 Å². The molecule has 0 spiro atoms. The Labute approximate surface area is 189 Å². The van der Waals surface area contributed by atoms with Gasteiger partial charge in [-0.15, -0.1) is 0 Å².